The molecule has 1 aliphatic rings. The molecule has 1 saturated carbocycles. The first-order valence-electron chi connectivity index (χ1n) is 6.64. The van der Waals surface area contributed by atoms with Crippen molar-refractivity contribution in [3.8, 4) is 0 Å². The standard InChI is InChI=1S/C13H28N2O/c1-4-13(2,10-14-3)11-15(8-9-16)12-6-5-7-12/h12,14,16H,4-11H2,1-3H3. The Balaban J connectivity index is 2.50. The summed E-state index contributed by atoms with van der Waals surface area (Å²) in [6.07, 6.45) is 5.18. The van der Waals surface area contributed by atoms with Crippen molar-refractivity contribution in [2.45, 2.75) is 45.6 Å². The van der Waals surface area contributed by atoms with E-state index in [4.69, 9.17) is 5.11 Å². The molecule has 96 valence electrons. The average Bonchev–Trinajstić information content (AvgIpc) is 2.16. The Morgan fingerprint density at radius 1 is 1.44 bits per heavy atom. The van der Waals surface area contributed by atoms with Crippen LogP contribution in [0.15, 0.2) is 0 Å². The minimum Gasteiger partial charge on any atom is -0.395 e. The molecule has 1 aliphatic carbocycles. The molecule has 0 aromatic heterocycles. The zero-order valence-electron chi connectivity index (χ0n) is 11.1. The Kier molecular flexibility index (Phi) is 5.73. The van der Waals surface area contributed by atoms with Gasteiger partial charge in [0.15, 0.2) is 0 Å². The highest BCUT2D eigenvalue weighted by atomic mass is 16.3. The Morgan fingerprint density at radius 2 is 2.12 bits per heavy atom. The van der Waals surface area contributed by atoms with Crippen LogP contribution in [-0.2, 0) is 0 Å². The topological polar surface area (TPSA) is 35.5 Å². The van der Waals surface area contributed by atoms with Crippen LogP contribution in [0.5, 0.6) is 0 Å². The lowest BCUT2D eigenvalue weighted by atomic mass is 9.84. The smallest absolute Gasteiger partial charge is 0.0558 e. The van der Waals surface area contributed by atoms with Crippen molar-refractivity contribution in [2.24, 2.45) is 5.41 Å². The molecule has 0 saturated heterocycles. The van der Waals surface area contributed by atoms with Gasteiger partial charge in [-0.1, -0.05) is 20.3 Å². The van der Waals surface area contributed by atoms with Gasteiger partial charge in [0, 0.05) is 25.7 Å². The molecule has 0 amide bonds. The van der Waals surface area contributed by atoms with Crippen LogP contribution in [0.4, 0.5) is 0 Å². The summed E-state index contributed by atoms with van der Waals surface area (Å²) in [4.78, 5) is 2.49. The highest BCUT2D eigenvalue weighted by Crippen LogP contribution is 2.29. The van der Waals surface area contributed by atoms with Gasteiger partial charge in [-0.2, -0.15) is 0 Å². The third-order valence-corrected chi connectivity index (χ3v) is 4.02. The van der Waals surface area contributed by atoms with Crippen molar-refractivity contribution >= 4 is 0 Å². The molecule has 0 aliphatic heterocycles. The monoisotopic (exact) mass is 228 g/mol. The SMILES string of the molecule is CCC(C)(CNC)CN(CCO)C1CCC1. The molecular formula is C13H28N2O. The molecule has 0 aromatic carbocycles. The minimum absolute atomic E-state index is 0.288. The van der Waals surface area contributed by atoms with Gasteiger partial charge in [-0.3, -0.25) is 4.90 Å². The lowest BCUT2D eigenvalue weighted by molar-refractivity contribution is 0.0574. The van der Waals surface area contributed by atoms with E-state index in [-0.39, 0.29) is 6.61 Å². The van der Waals surface area contributed by atoms with E-state index in [1.807, 2.05) is 7.05 Å². The molecule has 0 bridgehead atoms. The van der Waals surface area contributed by atoms with Gasteiger partial charge >= 0.3 is 0 Å². The van der Waals surface area contributed by atoms with Gasteiger partial charge in [0.25, 0.3) is 0 Å². The zero-order chi connectivity index (χ0) is 12.0. The molecule has 0 heterocycles. The third kappa shape index (κ3) is 3.72. The second-order valence-electron chi connectivity index (χ2n) is 5.47. The molecular weight excluding hydrogens is 200 g/mol. The molecule has 2 N–H and O–H groups in total. The molecule has 1 rings (SSSR count). The fourth-order valence-corrected chi connectivity index (χ4v) is 2.48. The molecule has 0 aromatic rings. The number of aliphatic hydroxyl groups is 1. The van der Waals surface area contributed by atoms with Crippen LogP contribution in [0.2, 0.25) is 0 Å². The number of rotatable bonds is 8. The molecule has 0 radical (unpaired) electrons. The van der Waals surface area contributed by atoms with Crippen LogP contribution in [0, 0.1) is 5.41 Å². The van der Waals surface area contributed by atoms with Gasteiger partial charge in [0.05, 0.1) is 6.61 Å². The fourth-order valence-electron chi connectivity index (χ4n) is 2.48. The zero-order valence-corrected chi connectivity index (χ0v) is 11.1. The lowest BCUT2D eigenvalue weighted by Crippen LogP contribution is -2.49. The molecule has 16 heavy (non-hydrogen) atoms. The van der Waals surface area contributed by atoms with Crippen LogP contribution in [0.25, 0.3) is 0 Å². The predicted molar refractivity (Wildman–Crippen MR) is 68.6 cm³/mol. The highest BCUT2D eigenvalue weighted by molar-refractivity contribution is 4.86. The predicted octanol–water partition coefficient (Wildman–Crippen LogP) is 1.47. The molecule has 1 atom stereocenters. The largest absolute Gasteiger partial charge is 0.395 e. The molecule has 1 fully saturated rings. The van der Waals surface area contributed by atoms with E-state index in [9.17, 15) is 0 Å². The van der Waals surface area contributed by atoms with Crippen molar-refractivity contribution in [1.82, 2.24) is 10.2 Å². The third-order valence-electron chi connectivity index (χ3n) is 4.02. The van der Waals surface area contributed by atoms with Crippen LogP contribution in [-0.4, -0.2) is 49.3 Å². The van der Waals surface area contributed by atoms with Crippen LogP contribution >= 0.6 is 0 Å². The van der Waals surface area contributed by atoms with Crippen molar-refractivity contribution in [3.05, 3.63) is 0 Å². The molecule has 0 spiro atoms. The van der Waals surface area contributed by atoms with Gasteiger partial charge in [0.1, 0.15) is 0 Å². The average molecular weight is 228 g/mol. The Labute approximate surface area is 100 Å². The maximum absolute atomic E-state index is 9.15. The lowest BCUT2D eigenvalue weighted by Gasteiger charge is -2.42. The van der Waals surface area contributed by atoms with Crippen molar-refractivity contribution in [1.29, 1.82) is 0 Å². The van der Waals surface area contributed by atoms with E-state index in [1.165, 1.54) is 25.7 Å². The number of hydrogen-bond donors (Lipinski definition) is 2. The van der Waals surface area contributed by atoms with Gasteiger partial charge in [-0.15, -0.1) is 0 Å². The normalized spacial score (nSPS) is 20.8. The number of nitrogens with zero attached hydrogens (tertiary/aromatic N) is 1. The first-order chi connectivity index (χ1) is 7.65. The summed E-state index contributed by atoms with van der Waals surface area (Å²) in [6, 6.07) is 0.731. The number of nitrogens with one attached hydrogen (secondary N) is 1. The van der Waals surface area contributed by atoms with Crippen molar-refractivity contribution < 1.29 is 5.11 Å². The second kappa shape index (κ2) is 6.58. The number of hydrogen-bond acceptors (Lipinski definition) is 3. The summed E-state index contributed by atoms with van der Waals surface area (Å²) in [7, 11) is 2.02. The molecule has 3 heteroatoms. The first kappa shape index (κ1) is 13.9. The van der Waals surface area contributed by atoms with Gasteiger partial charge in [0.2, 0.25) is 0 Å². The Morgan fingerprint density at radius 3 is 2.50 bits per heavy atom. The highest BCUT2D eigenvalue weighted by Gasteiger charge is 2.30. The molecule has 1 unspecified atom stereocenters. The van der Waals surface area contributed by atoms with Crippen molar-refractivity contribution in [2.75, 3.05) is 33.3 Å². The summed E-state index contributed by atoms with van der Waals surface area (Å²) in [5.74, 6) is 0. The van der Waals surface area contributed by atoms with Gasteiger partial charge in [-0.25, -0.2) is 0 Å². The Hall–Kier alpha value is -0.120. The quantitative estimate of drug-likeness (QED) is 0.660. The van der Waals surface area contributed by atoms with E-state index >= 15 is 0 Å². The second-order valence-corrected chi connectivity index (χ2v) is 5.47. The number of aliphatic hydroxyl groups excluding tert-OH is 1. The van der Waals surface area contributed by atoms with Crippen LogP contribution in [0.1, 0.15) is 39.5 Å². The van der Waals surface area contributed by atoms with E-state index in [2.05, 4.69) is 24.1 Å². The van der Waals surface area contributed by atoms with Crippen LogP contribution < -0.4 is 5.32 Å². The summed E-state index contributed by atoms with van der Waals surface area (Å²) in [5.41, 5.74) is 0.333. The Bertz CT molecular complexity index is 194. The van der Waals surface area contributed by atoms with E-state index < -0.39 is 0 Å². The van der Waals surface area contributed by atoms with E-state index in [0.717, 1.165) is 25.7 Å². The van der Waals surface area contributed by atoms with Crippen LogP contribution in [0.3, 0.4) is 0 Å². The first-order valence-corrected chi connectivity index (χ1v) is 6.64. The van der Waals surface area contributed by atoms with Crippen molar-refractivity contribution in [3.63, 3.8) is 0 Å². The summed E-state index contributed by atoms with van der Waals surface area (Å²) in [6.45, 7) is 7.88. The van der Waals surface area contributed by atoms with Gasteiger partial charge < -0.3 is 10.4 Å². The summed E-state index contributed by atoms with van der Waals surface area (Å²) in [5, 5.41) is 12.4. The fraction of sp³-hybridized carbons (Fsp3) is 1.00. The minimum atomic E-state index is 0.288. The maximum atomic E-state index is 9.15. The summed E-state index contributed by atoms with van der Waals surface area (Å²) < 4.78 is 0. The van der Waals surface area contributed by atoms with E-state index in [0.29, 0.717) is 5.41 Å². The maximum Gasteiger partial charge on any atom is 0.0558 e. The summed E-state index contributed by atoms with van der Waals surface area (Å²) >= 11 is 0. The van der Waals surface area contributed by atoms with E-state index in [1.54, 1.807) is 0 Å². The van der Waals surface area contributed by atoms with Gasteiger partial charge in [-0.05, 0) is 31.7 Å². The molecule has 3 nitrogen and oxygen atoms in total.